The molecule has 0 saturated heterocycles. The van der Waals surface area contributed by atoms with Gasteiger partial charge in [0, 0.05) is 12.8 Å². The van der Waals surface area contributed by atoms with Crippen LogP contribution in [0.5, 0.6) is 0 Å². The first kappa shape index (κ1) is 29.5. The van der Waals surface area contributed by atoms with Crippen molar-refractivity contribution in [3.05, 3.63) is 0 Å². The molecule has 3 unspecified atom stereocenters. The SMILES string of the molecule is CCCCCCCC(=O)OC(COC(=O)CCCC)COP(=O)(O)OCC(N)C(=O)O. The Labute approximate surface area is 183 Å². The molecule has 0 radical (unpaired) electrons. The van der Waals surface area contributed by atoms with E-state index >= 15 is 0 Å². The van der Waals surface area contributed by atoms with Crippen LogP contribution in [-0.2, 0) is 37.5 Å². The molecule has 182 valence electrons. The molecule has 0 aromatic rings. The fourth-order valence-electron chi connectivity index (χ4n) is 2.27. The molecule has 0 heterocycles. The fraction of sp³-hybridized carbons (Fsp3) is 0.842. The molecule has 0 aromatic carbocycles. The number of hydrogen-bond acceptors (Lipinski definition) is 9. The minimum atomic E-state index is -4.66. The maximum atomic E-state index is 12.1. The number of unbranched alkanes of at least 4 members (excludes halogenated alkanes) is 5. The Balaban J connectivity index is 4.66. The Morgan fingerprint density at radius 3 is 2.06 bits per heavy atom. The molecular weight excluding hydrogens is 433 g/mol. The zero-order chi connectivity index (χ0) is 23.7. The van der Waals surface area contributed by atoms with Crippen LogP contribution in [0.1, 0.15) is 71.6 Å². The van der Waals surface area contributed by atoms with Crippen LogP contribution in [0.15, 0.2) is 0 Å². The number of ether oxygens (including phenoxy) is 2. The fourth-order valence-corrected chi connectivity index (χ4v) is 3.05. The van der Waals surface area contributed by atoms with Crippen LogP contribution in [0.4, 0.5) is 0 Å². The molecule has 0 aliphatic heterocycles. The van der Waals surface area contributed by atoms with Crippen molar-refractivity contribution >= 4 is 25.7 Å². The van der Waals surface area contributed by atoms with Crippen LogP contribution in [0.25, 0.3) is 0 Å². The summed E-state index contributed by atoms with van der Waals surface area (Å²) in [4.78, 5) is 44.1. The maximum absolute atomic E-state index is 12.1. The Bertz CT molecular complexity index is 586. The number of aliphatic carboxylic acids is 1. The molecular formula is C19H36NO10P. The van der Waals surface area contributed by atoms with Gasteiger partial charge in [0.05, 0.1) is 13.2 Å². The Morgan fingerprint density at radius 2 is 1.45 bits per heavy atom. The first-order valence-electron chi connectivity index (χ1n) is 10.6. The average molecular weight is 469 g/mol. The van der Waals surface area contributed by atoms with Gasteiger partial charge in [0.15, 0.2) is 6.10 Å². The number of phosphoric ester groups is 1. The topological polar surface area (TPSA) is 172 Å². The minimum absolute atomic E-state index is 0.157. The van der Waals surface area contributed by atoms with Crippen molar-refractivity contribution < 1.29 is 47.5 Å². The van der Waals surface area contributed by atoms with E-state index in [-0.39, 0.29) is 19.4 Å². The number of esters is 2. The molecule has 4 N–H and O–H groups in total. The lowest BCUT2D eigenvalue weighted by Gasteiger charge is -2.20. The van der Waals surface area contributed by atoms with Gasteiger partial charge in [-0.25, -0.2) is 4.57 Å². The van der Waals surface area contributed by atoms with E-state index in [2.05, 4.69) is 11.4 Å². The van der Waals surface area contributed by atoms with Crippen molar-refractivity contribution in [1.82, 2.24) is 0 Å². The lowest BCUT2D eigenvalue weighted by Crippen LogP contribution is -2.34. The van der Waals surface area contributed by atoms with Crippen molar-refractivity contribution in [3.63, 3.8) is 0 Å². The molecule has 0 spiro atoms. The zero-order valence-electron chi connectivity index (χ0n) is 18.3. The van der Waals surface area contributed by atoms with E-state index in [0.29, 0.717) is 12.8 Å². The highest BCUT2D eigenvalue weighted by atomic mass is 31.2. The third kappa shape index (κ3) is 16.8. The predicted molar refractivity (Wildman–Crippen MR) is 111 cm³/mol. The van der Waals surface area contributed by atoms with Crippen molar-refractivity contribution in [2.45, 2.75) is 83.8 Å². The molecule has 11 nitrogen and oxygen atoms in total. The standard InChI is InChI=1S/C19H36NO10P/c1-3-5-7-8-9-11-18(22)30-15(12-27-17(21)10-6-4-2)13-28-31(25,26)29-14-16(20)19(23)24/h15-16H,3-14,20H2,1-2H3,(H,23,24)(H,25,26). The van der Waals surface area contributed by atoms with Crippen LogP contribution < -0.4 is 5.73 Å². The van der Waals surface area contributed by atoms with E-state index in [0.717, 1.165) is 32.1 Å². The van der Waals surface area contributed by atoms with Crippen LogP contribution in [0.3, 0.4) is 0 Å². The Hall–Kier alpha value is -1.52. The molecule has 31 heavy (non-hydrogen) atoms. The van der Waals surface area contributed by atoms with Gasteiger partial charge in [0.1, 0.15) is 12.6 Å². The summed E-state index contributed by atoms with van der Waals surface area (Å²) in [7, 11) is -4.66. The van der Waals surface area contributed by atoms with Crippen molar-refractivity contribution in [1.29, 1.82) is 0 Å². The van der Waals surface area contributed by atoms with Gasteiger partial charge in [0.25, 0.3) is 0 Å². The maximum Gasteiger partial charge on any atom is 0.472 e. The second kappa shape index (κ2) is 17.1. The highest BCUT2D eigenvalue weighted by Crippen LogP contribution is 2.43. The molecule has 0 aliphatic rings. The molecule has 0 fully saturated rings. The minimum Gasteiger partial charge on any atom is -0.480 e. The number of carbonyl (C=O) groups excluding carboxylic acids is 2. The number of hydrogen-bond donors (Lipinski definition) is 3. The second-order valence-corrected chi connectivity index (χ2v) is 8.52. The van der Waals surface area contributed by atoms with Crippen LogP contribution in [-0.4, -0.2) is 59.9 Å². The highest BCUT2D eigenvalue weighted by molar-refractivity contribution is 7.47. The smallest absolute Gasteiger partial charge is 0.472 e. The predicted octanol–water partition coefficient (Wildman–Crippen LogP) is 2.54. The van der Waals surface area contributed by atoms with E-state index in [1.165, 1.54) is 0 Å². The third-order valence-corrected chi connectivity index (χ3v) is 5.06. The lowest BCUT2D eigenvalue weighted by atomic mass is 10.1. The summed E-state index contributed by atoms with van der Waals surface area (Å²) in [5.74, 6) is -2.45. The van der Waals surface area contributed by atoms with E-state index in [1.807, 2.05) is 6.92 Å². The Morgan fingerprint density at radius 1 is 0.871 bits per heavy atom. The molecule has 0 bridgehead atoms. The average Bonchev–Trinajstić information content (AvgIpc) is 2.72. The summed E-state index contributed by atoms with van der Waals surface area (Å²) in [6.07, 6.45) is 5.36. The van der Waals surface area contributed by atoms with Crippen molar-refractivity contribution in [2.75, 3.05) is 19.8 Å². The van der Waals surface area contributed by atoms with Gasteiger partial charge in [-0.2, -0.15) is 0 Å². The molecule has 0 rings (SSSR count). The monoisotopic (exact) mass is 469 g/mol. The summed E-state index contributed by atoms with van der Waals surface area (Å²) >= 11 is 0. The van der Waals surface area contributed by atoms with Gasteiger partial charge in [-0.3, -0.25) is 23.4 Å². The second-order valence-electron chi connectivity index (χ2n) is 7.07. The largest absolute Gasteiger partial charge is 0.480 e. The van der Waals surface area contributed by atoms with E-state index < -0.39 is 51.1 Å². The number of carbonyl (C=O) groups is 3. The summed E-state index contributed by atoms with van der Waals surface area (Å²) in [5.41, 5.74) is 5.20. The number of phosphoric acid groups is 1. The molecule has 3 atom stereocenters. The summed E-state index contributed by atoms with van der Waals surface area (Å²) < 4.78 is 31.5. The van der Waals surface area contributed by atoms with Crippen LogP contribution in [0.2, 0.25) is 0 Å². The first-order chi connectivity index (χ1) is 14.6. The van der Waals surface area contributed by atoms with Gasteiger partial charge in [-0.05, 0) is 12.8 Å². The van der Waals surface area contributed by atoms with Gasteiger partial charge in [0.2, 0.25) is 0 Å². The molecule has 0 saturated carbocycles. The summed E-state index contributed by atoms with van der Waals surface area (Å²) in [6.45, 7) is 2.32. The number of rotatable bonds is 19. The molecule has 0 aliphatic carbocycles. The lowest BCUT2D eigenvalue weighted by molar-refractivity contribution is -0.161. The van der Waals surface area contributed by atoms with E-state index in [9.17, 15) is 23.8 Å². The van der Waals surface area contributed by atoms with Crippen LogP contribution in [0, 0.1) is 0 Å². The van der Waals surface area contributed by atoms with Crippen molar-refractivity contribution in [2.24, 2.45) is 5.73 Å². The van der Waals surface area contributed by atoms with Gasteiger partial charge in [-0.1, -0.05) is 46.0 Å². The normalized spacial score (nSPS) is 15.0. The zero-order valence-corrected chi connectivity index (χ0v) is 19.2. The summed E-state index contributed by atoms with van der Waals surface area (Å²) in [6, 6.07) is -1.51. The Kier molecular flexibility index (Phi) is 16.2. The molecule has 12 heteroatoms. The number of carboxylic acids is 1. The molecule has 0 amide bonds. The number of carboxylic acid groups (broad SMARTS) is 1. The van der Waals surface area contributed by atoms with Gasteiger partial charge < -0.3 is 25.2 Å². The number of nitrogens with two attached hydrogens (primary N) is 1. The van der Waals surface area contributed by atoms with Gasteiger partial charge in [-0.15, -0.1) is 0 Å². The van der Waals surface area contributed by atoms with E-state index in [1.54, 1.807) is 0 Å². The first-order valence-corrected chi connectivity index (χ1v) is 12.1. The molecule has 0 aromatic heterocycles. The summed E-state index contributed by atoms with van der Waals surface area (Å²) in [5, 5.41) is 8.68. The highest BCUT2D eigenvalue weighted by Gasteiger charge is 2.28. The van der Waals surface area contributed by atoms with Crippen LogP contribution >= 0.6 is 7.82 Å². The van der Waals surface area contributed by atoms with Gasteiger partial charge >= 0.3 is 25.7 Å². The van der Waals surface area contributed by atoms with Crippen molar-refractivity contribution in [3.8, 4) is 0 Å². The quantitative estimate of drug-likeness (QED) is 0.144. The van der Waals surface area contributed by atoms with E-state index in [4.69, 9.17) is 24.8 Å². The third-order valence-electron chi connectivity index (χ3n) is 4.11.